The molecule has 14 N–H and O–H groups in total. The van der Waals surface area contributed by atoms with Crippen LogP contribution in [0, 0.1) is 21.7 Å². The number of hydrogen-bond acceptors (Lipinski definition) is 16. The van der Waals surface area contributed by atoms with E-state index >= 15 is 0 Å². The second-order valence-corrected chi connectivity index (χ2v) is 18.9. The molecule has 0 aliphatic carbocycles. The van der Waals surface area contributed by atoms with Gasteiger partial charge in [0.15, 0.2) is 0 Å². The number of aliphatic hydroxyl groups is 10. The summed E-state index contributed by atoms with van der Waals surface area (Å²) in [7, 11) is 0. The standard InChI is InChI=1S/2C9H19NO3.2C9H18O4/c4*1-9(2,3)8-7(12)6(11)5(10)4-13-8/h2*5-8,11-12H,4,10H2,1-3H3;2*5-8,10-12H,4H2,1-3H3. The first-order valence-corrected chi connectivity index (χ1v) is 18.1. The van der Waals surface area contributed by atoms with Gasteiger partial charge >= 0.3 is 0 Å². The van der Waals surface area contributed by atoms with Gasteiger partial charge in [0.05, 0.1) is 75.1 Å². The van der Waals surface area contributed by atoms with E-state index in [1.54, 1.807) is 0 Å². The molecule has 16 nitrogen and oxygen atoms in total. The molecule has 16 unspecified atom stereocenters. The Kier molecular flexibility index (Phi) is 18.5. The first-order valence-electron chi connectivity index (χ1n) is 18.1. The van der Waals surface area contributed by atoms with E-state index in [1.165, 1.54) is 0 Å². The van der Waals surface area contributed by atoms with Gasteiger partial charge in [-0.15, -0.1) is 0 Å². The molecule has 0 aromatic carbocycles. The molecule has 0 bridgehead atoms. The minimum Gasteiger partial charge on any atom is -0.389 e. The molecular formula is C36H74N2O14. The summed E-state index contributed by atoms with van der Waals surface area (Å²) in [6.07, 6.45) is -11.2. The van der Waals surface area contributed by atoms with Crippen LogP contribution in [0.4, 0.5) is 0 Å². The lowest BCUT2D eigenvalue weighted by molar-refractivity contribution is -0.211. The maximum atomic E-state index is 9.69. The highest BCUT2D eigenvalue weighted by Gasteiger charge is 2.45. The number of rotatable bonds is 0. The Hall–Kier alpha value is -0.640. The van der Waals surface area contributed by atoms with Crippen molar-refractivity contribution in [2.75, 3.05) is 26.4 Å². The Morgan fingerprint density at radius 3 is 0.731 bits per heavy atom. The lowest BCUT2D eigenvalue weighted by Gasteiger charge is -2.42. The molecular weight excluding hydrogens is 684 g/mol. The monoisotopic (exact) mass is 759 g/mol. The minimum atomic E-state index is -1.10. The molecule has 4 heterocycles. The van der Waals surface area contributed by atoms with E-state index in [2.05, 4.69) is 0 Å². The lowest BCUT2D eigenvalue weighted by atomic mass is 9.81. The zero-order valence-corrected chi connectivity index (χ0v) is 33.3. The topological polar surface area (TPSA) is 291 Å². The number of aliphatic hydroxyl groups excluding tert-OH is 10. The van der Waals surface area contributed by atoms with Crippen LogP contribution in [0.3, 0.4) is 0 Å². The van der Waals surface area contributed by atoms with Crippen LogP contribution in [-0.4, -0.2) is 175 Å². The maximum absolute atomic E-state index is 9.69. The predicted molar refractivity (Wildman–Crippen MR) is 193 cm³/mol. The Bertz CT molecular complexity index is 868. The molecule has 312 valence electrons. The van der Waals surface area contributed by atoms with E-state index in [1.807, 2.05) is 83.1 Å². The van der Waals surface area contributed by atoms with Crippen molar-refractivity contribution in [1.29, 1.82) is 0 Å². The number of nitrogens with two attached hydrogens (primary N) is 2. The predicted octanol–water partition coefficient (Wildman–Crippen LogP) is -2.01. The van der Waals surface area contributed by atoms with Gasteiger partial charge in [0, 0.05) is 0 Å². The SMILES string of the molecule is CC(C)(C)C1OCC(N)C(O)C1O.CC(C)(C)C1OCC(N)C(O)C1O.CC(C)(C)C1OCC(O)C(O)C1O.CC(C)(C)C1OCC(O)C(O)C1O. The van der Waals surface area contributed by atoms with Gasteiger partial charge in [-0.1, -0.05) is 83.1 Å². The fourth-order valence-corrected chi connectivity index (χ4v) is 6.35. The maximum Gasteiger partial charge on any atom is 0.111 e. The Labute approximate surface area is 310 Å². The van der Waals surface area contributed by atoms with Gasteiger partial charge in [0.1, 0.15) is 48.8 Å². The summed E-state index contributed by atoms with van der Waals surface area (Å²) in [4.78, 5) is 0. The van der Waals surface area contributed by atoms with E-state index < -0.39 is 85.3 Å². The summed E-state index contributed by atoms with van der Waals surface area (Å²) < 4.78 is 21.4. The molecule has 0 spiro atoms. The highest BCUT2D eigenvalue weighted by Crippen LogP contribution is 2.33. The molecule has 4 fully saturated rings. The fourth-order valence-electron chi connectivity index (χ4n) is 6.35. The number of hydrogen-bond donors (Lipinski definition) is 12. The minimum absolute atomic E-state index is 0.0835. The molecule has 52 heavy (non-hydrogen) atoms. The molecule has 16 heteroatoms. The normalized spacial score (nSPS) is 42.0. The van der Waals surface area contributed by atoms with Gasteiger partial charge in [-0.3, -0.25) is 0 Å². The highest BCUT2D eigenvalue weighted by molar-refractivity contribution is 4.96. The van der Waals surface area contributed by atoms with Gasteiger partial charge in [0.2, 0.25) is 0 Å². The van der Waals surface area contributed by atoms with Gasteiger partial charge in [-0.2, -0.15) is 0 Å². The summed E-state index contributed by atoms with van der Waals surface area (Å²) >= 11 is 0. The summed E-state index contributed by atoms with van der Waals surface area (Å²) in [5, 5.41) is 94.8. The van der Waals surface area contributed by atoms with Crippen LogP contribution in [0.1, 0.15) is 83.1 Å². The molecule has 4 saturated heterocycles. The molecule has 4 aliphatic heterocycles. The van der Waals surface area contributed by atoms with Crippen LogP contribution < -0.4 is 11.5 Å². The largest absolute Gasteiger partial charge is 0.389 e. The van der Waals surface area contributed by atoms with Crippen LogP contribution in [-0.2, 0) is 18.9 Å². The van der Waals surface area contributed by atoms with Gasteiger partial charge < -0.3 is 81.5 Å². The smallest absolute Gasteiger partial charge is 0.111 e. The van der Waals surface area contributed by atoms with E-state index in [0.29, 0.717) is 13.2 Å². The summed E-state index contributed by atoms with van der Waals surface area (Å²) in [5.41, 5.74) is 10.2. The van der Waals surface area contributed by atoms with Crippen LogP contribution in [0.25, 0.3) is 0 Å². The quantitative estimate of drug-likeness (QED) is 0.127. The molecule has 16 atom stereocenters. The van der Waals surface area contributed by atoms with Crippen LogP contribution >= 0.6 is 0 Å². The van der Waals surface area contributed by atoms with Crippen LogP contribution in [0.15, 0.2) is 0 Å². The van der Waals surface area contributed by atoms with Gasteiger partial charge in [-0.05, 0) is 21.7 Å². The Morgan fingerprint density at radius 2 is 0.519 bits per heavy atom. The summed E-state index contributed by atoms with van der Waals surface area (Å²) in [5.74, 6) is 0. The van der Waals surface area contributed by atoms with Crippen molar-refractivity contribution in [2.45, 2.75) is 181 Å². The van der Waals surface area contributed by atoms with Gasteiger partial charge in [0.25, 0.3) is 0 Å². The van der Waals surface area contributed by atoms with Crippen LogP contribution in [0.5, 0.6) is 0 Å². The summed E-state index contributed by atoms with van der Waals surface area (Å²) in [6.45, 7) is 24.1. The molecule has 0 amide bonds. The van der Waals surface area contributed by atoms with Crippen molar-refractivity contribution in [2.24, 2.45) is 33.1 Å². The summed E-state index contributed by atoms with van der Waals surface area (Å²) in [6, 6.07) is -0.956. The molecule has 0 aromatic heterocycles. The fraction of sp³-hybridized carbons (Fsp3) is 1.00. The third-order valence-electron chi connectivity index (χ3n) is 9.55. The molecule has 0 aromatic rings. The molecule has 0 radical (unpaired) electrons. The van der Waals surface area contributed by atoms with E-state index in [0.717, 1.165) is 0 Å². The van der Waals surface area contributed by atoms with Gasteiger partial charge in [-0.25, -0.2) is 0 Å². The third-order valence-corrected chi connectivity index (χ3v) is 9.55. The highest BCUT2D eigenvalue weighted by atomic mass is 16.5. The van der Waals surface area contributed by atoms with Crippen molar-refractivity contribution in [3.63, 3.8) is 0 Å². The molecule has 0 saturated carbocycles. The zero-order chi connectivity index (χ0) is 40.9. The average molecular weight is 759 g/mol. The second-order valence-electron chi connectivity index (χ2n) is 18.9. The van der Waals surface area contributed by atoms with Crippen molar-refractivity contribution in [3.8, 4) is 0 Å². The first kappa shape index (κ1) is 49.4. The van der Waals surface area contributed by atoms with Crippen molar-refractivity contribution in [1.82, 2.24) is 0 Å². The Balaban J connectivity index is 0.000000347. The zero-order valence-electron chi connectivity index (χ0n) is 33.3. The molecule has 4 aliphatic rings. The third kappa shape index (κ3) is 13.8. The van der Waals surface area contributed by atoms with Crippen molar-refractivity contribution >= 4 is 0 Å². The van der Waals surface area contributed by atoms with E-state index in [-0.39, 0.29) is 47.1 Å². The average Bonchev–Trinajstić information content (AvgIpc) is 2.98. The first-order chi connectivity index (χ1) is 23.3. The number of ether oxygens (including phenoxy) is 4. The second kappa shape index (κ2) is 19.5. The Morgan fingerprint density at radius 1 is 0.327 bits per heavy atom. The van der Waals surface area contributed by atoms with E-state index in [4.69, 9.17) is 30.4 Å². The van der Waals surface area contributed by atoms with Crippen molar-refractivity contribution in [3.05, 3.63) is 0 Å². The molecule has 4 rings (SSSR count). The lowest BCUT2D eigenvalue weighted by Crippen LogP contribution is -2.59. The van der Waals surface area contributed by atoms with Crippen molar-refractivity contribution < 1.29 is 70.0 Å². The van der Waals surface area contributed by atoms with E-state index in [9.17, 15) is 51.1 Å². The van der Waals surface area contributed by atoms with Crippen LogP contribution in [0.2, 0.25) is 0 Å².